The molecule has 0 bridgehead atoms. The molecule has 2 rings (SSSR count). The number of anilines is 1. The van der Waals surface area contributed by atoms with E-state index in [0.717, 1.165) is 10.6 Å². The smallest absolute Gasteiger partial charge is 0.244 e. The third kappa shape index (κ3) is 7.75. The number of halogens is 2. The number of hydrogen-bond donors (Lipinski definition) is 1. The third-order valence-corrected chi connectivity index (χ3v) is 6.92. The molecular formula is C24H31Cl2N3O5S. The molecule has 0 saturated heterocycles. The first-order chi connectivity index (χ1) is 16.5. The molecule has 0 saturated carbocycles. The number of nitrogens with zero attached hydrogens (tertiary/aromatic N) is 2. The van der Waals surface area contributed by atoms with Crippen molar-refractivity contribution in [3.05, 3.63) is 58.1 Å². The second-order valence-electron chi connectivity index (χ2n) is 7.75. The zero-order chi connectivity index (χ0) is 26.2. The van der Waals surface area contributed by atoms with Gasteiger partial charge in [-0.3, -0.25) is 13.9 Å². The van der Waals surface area contributed by atoms with Crippen molar-refractivity contribution in [1.82, 2.24) is 10.2 Å². The van der Waals surface area contributed by atoms with Crippen LogP contribution in [0.5, 0.6) is 5.75 Å². The molecule has 0 radical (unpaired) electrons. The van der Waals surface area contributed by atoms with Gasteiger partial charge in [-0.25, -0.2) is 8.42 Å². The van der Waals surface area contributed by atoms with Gasteiger partial charge in [0.25, 0.3) is 0 Å². The van der Waals surface area contributed by atoms with Crippen LogP contribution in [-0.4, -0.2) is 57.1 Å². The van der Waals surface area contributed by atoms with Gasteiger partial charge in [0.1, 0.15) is 18.3 Å². The summed E-state index contributed by atoms with van der Waals surface area (Å²) in [6.45, 7) is 5.52. The number of hydrogen-bond acceptors (Lipinski definition) is 5. The molecule has 0 fully saturated rings. The summed E-state index contributed by atoms with van der Waals surface area (Å²) in [5.74, 6) is -0.573. The molecule has 0 heterocycles. The number of carbonyl (C=O) groups excluding carboxylic acids is 2. The number of ether oxygens (including phenoxy) is 1. The lowest BCUT2D eigenvalue weighted by Gasteiger charge is -2.33. The summed E-state index contributed by atoms with van der Waals surface area (Å²) in [5.41, 5.74) is 0.813. The highest BCUT2D eigenvalue weighted by atomic mass is 35.5. The molecule has 0 spiro atoms. The lowest BCUT2D eigenvalue weighted by atomic mass is 10.1. The van der Waals surface area contributed by atoms with Crippen molar-refractivity contribution in [2.75, 3.05) is 30.3 Å². The fourth-order valence-electron chi connectivity index (χ4n) is 3.58. The molecule has 0 unspecified atom stereocenters. The number of likely N-dealkylation sites (N-methyl/N-ethyl adjacent to an activating group) is 1. The summed E-state index contributed by atoms with van der Waals surface area (Å²) in [6.07, 6.45) is 1.34. The van der Waals surface area contributed by atoms with E-state index in [9.17, 15) is 18.0 Å². The molecule has 0 aromatic heterocycles. The van der Waals surface area contributed by atoms with Gasteiger partial charge >= 0.3 is 0 Å². The summed E-state index contributed by atoms with van der Waals surface area (Å²) in [6, 6.07) is 10.6. The van der Waals surface area contributed by atoms with Crippen LogP contribution in [0.1, 0.15) is 32.8 Å². The van der Waals surface area contributed by atoms with Gasteiger partial charge in [0.2, 0.25) is 21.8 Å². The Morgan fingerprint density at radius 3 is 2.34 bits per heavy atom. The van der Waals surface area contributed by atoms with E-state index in [1.807, 2.05) is 0 Å². The average Bonchev–Trinajstić information content (AvgIpc) is 2.79. The van der Waals surface area contributed by atoms with Gasteiger partial charge < -0.3 is 15.0 Å². The van der Waals surface area contributed by atoms with Gasteiger partial charge in [0.05, 0.1) is 18.6 Å². The van der Waals surface area contributed by atoms with Gasteiger partial charge in [-0.15, -0.1) is 0 Å². The van der Waals surface area contributed by atoms with Crippen LogP contribution in [0.4, 0.5) is 5.69 Å². The maximum absolute atomic E-state index is 13.7. The van der Waals surface area contributed by atoms with Crippen molar-refractivity contribution >= 4 is 50.7 Å². The van der Waals surface area contributed by atoms with E-state index < -0.39 is 28.5 Å². The van der Waals surface area contributed by atoms with Crippen LogP contribution >= 0.6 is 23.2 Å². The predicted molar refractivity (Wildman–Crippen MR) is 140 cm³/mol. The van der Waals surface area contributed by atoms with Gasteiger partial charge in [-0.2, -0.15) is 0 Å². The third-order valence-electron chi connectivity index (χ3n) is 5.21. The molecule has 1 N–H and O–H groups in total. The van der Waals surface area contributed by atoms with Crippen LogP contribution in [0.3, 0.4) is 0 Å². The molecule has 8 nitrogen and oxygen atoms in total. The van der Waals surface area contributed by atoms with Crippen LogP contribution in [0.25, 0.3) is 0 Å². The van der Waals surface area contributed by atoms with Crippen molar-refractivity contribution in [1.29, 1.82) is 0 Å². The largest absolute Gasteiger partial charge is 0.492 e. The molecule has 35 heavy (non-hydrogen) atoms. The topological polar surface area (TPSA) is 96.0 Å². The molecule has 2 aromatic rings. The normalized spacial score (nSPS) is 12.1. The van der Waals surface area contributed by atoms with Crippen molar-refractivity contribution in [3.63, 3.8) is 0 Å². The maximum atomic E-state index is 13.7. The minimum Gasteiger partial charge on any atom is -0.492 e. The van der Waals surface area contributed by atoms with E-state index in [1.165, 1.54) is 4.90 Å². The van der Waals surface area contributed by atoms with Crippen LogP contribution in [0.15, 0.2) is 42.5 Å². The van der Waals surface area contributed by atoms with Crippen molar-refractivity contribution in [3.8, 4) is 5.75 Å². The van der Waals surface area contributed by atoms with E-state index >= 15 is 0 Å². The summed E-state index contributed by atoms with van der Waals surface area (Å²) >= 11 is 12.4. The lowest BCUT2D eigenvalue weighted by Crippen LogP contribution is -2.52. The number of sulfonamides is 1. The van der Waals surface area contributed by atoms with Gasteiger partial charge in [0, 0.05) is 23.1 Å². The first-order valence-electron chi connectivity index (χ1n) is 11.2. The molecule has 11 heteroatoms. The van der Waals surface area contributed by atoms with E-state index in [-0.39, 0.29) is 18.1 Å². The van der Waals surface area contributed by atoms with E-state index in [4.69, 9.17) is 27.9 Å². The summed E-state index contributed by atoms with van der Waals surface area (Å²) in [5, 5.41) is 3.51. The molecule has 0 aliphatic carbocycles. The Morgan fingerprint density at radius 1 is 1.09 bits per heavy atom. The first-order valence-corrected chi connectivity index (χ1v) is 13.8. The zero-order valence-corrected chi connectivity index (χ0v) is 22.6. The van der Waals surface area contributed by atoms with Crippen LogP contribution in [0, 0.1) is 0 Å². The Hall–Kier alpha value is -2.49. The highest BCUT2D eigenvalue weighted by Crippen LogP contribution is 2.30. The van der Waals surface area contributed by atoms with Crippen molar-refractivity contribution in [2.24, 2.45) is 0 Å². The second-order valence-corrected chi connectivity index (χ2v) is 10.5. The number of nitrogens with one attached hydrogen (secondary N) is 1. The standard InChI is InChI=1S/C24H31Cl2N3O5S/c1-5-20(24(31)27-6-2)28(15-17-12-13-18(25)14-19(17)26)23(30)16-29(35(4,32)33)21-10-8-9-11-22(21)34-7-3/h8-14,20H,5-7,15-16H2,1-4H3,(H,27,31)/t20-/m1/s1. The Morgan fingerprint density at radius 2 is 1.77 bits per heavy atom. The van der Waals surface area contributed by atoms with Crippen LogP contribution in [-0.2, 0) is 26.2 Å². The summed E-state index contributed by atoms with van der Waals surface area (Å²) < 4.78 is 32.1. The number of para-hydroxylation sites is 2. The molecule has 2 amide bonds. The molecule has 1 atom stereocenters. The SMILES string of the molecule is CCNC(=O)[C@@H](CC)N(Cc1ccc(Cl)cc1Cl)C(=O)CN(c1ccccc1OCC)S(C)(=O)=O. The Kier molecular flexibility index (Phi) is 10.7. The quantitative estimate of drug-likeness (QED) is 0.434. The van der Waals surface area contributed by atoms with E-state index in [0.29, 0.717) is 40.9 Å². The Balaban J connectivity index is 2.51. The summed E-state index contributed by atoms with van der Waals surface area (Å²) in [4.78, 5) is 27.8. The maximum Gasteiger partial charge on any atom is 0.244 e. The molecule has 0 aliphatic rings. The highest BCUT2D eigenvalue weighted by Gasteiger charge is 2.32. The monoisotopic (exact) mass is 543 g/mol. The minimum atomic E-state index is -3.88. The van der Waals surface area contributed by atoms with Gasteiger partial charge in [-0.1, -0.05) is 48.3 Å². The fraction of sp³-hybridized carbons (Fsp3) is 0.417. The van der Waals surface area contributed by atoms with E-state index in [1.54, 1.807) is 63.2 Å². The average molecular weight is 545 g/mol. The van der Waals surface area contributed by atoms with E-state index in [2.05, 4.69) is 5.32 Å². The number of benzene rings is 2. The summed E-state index contributed by atoms with van der Waals surface area (Å²) in [7, 11) is -3.88. The zero-order valence-electron chi connectivity index (χ0n) is 20.3. The number of amides is 2. The first kappa shape index (κ1) is 28.7. The van der Waals surface area contributed by atoms with Crippen LogP contribution < -0.4 is 14.4 Å². The predicted octanol–water partition coefficient (Wildman–Crippen LogP) is 4.10. The minimum absolute atomic E-state index is 0.00478. The van der Waals surface area contributed by atoms with Gasteiger partial charge in [-0.05, 0) is 50.1 Å². The molecule has 0 aliphatic heterocycles. The van der Waals surface area contributed by atoms with Gasteiger partial charge in [0.15, 0.2) is 0 Å². The Labute approximate surface area is 217 Å². The lowest BCUT2D eigenvalue weighted by molar-refractivity contribution is -0.140. The molecular weight excluding hydrogens is 513 g/mol. The Bertz CT molecular complexity index is 1140. The van der Waals surface area contributed by atoms with Crippen molar-refractivity contribution in [2.45, 2.75) is 39.8 Å². The molecule has 192 valence electrons. The number of rotatable bonds is 12. The fourth-order valence-corrected chi connectivity index (χ4v) is 4.90. The highest BCUT2D eigenvalue weighted by molar-refractivity contribution is 7.92. The second kappa shape index (κ2) is 13.0. The van der Waals surface area contributed by atoms with Crippen LogP contribution in [0.2, 0.25) is 10.0 Å². The molecule has 2 aromatic carbocycles. The van der Waals surface area contributed by atoms with Crippen molar-refractivity contribution < 1.29 is 22.7 Å². The number of carbonyl (C=O) groups is 2.